The van der Waals surface area contributed by atoms with Crippen molar-refractivity contribution in [1.82, 2.24) is 4.31 Å². The summed E-state index contributed by atoms with van der Waals surface area (Å²) in [6, 6.07) is 15.0. The summed E-state index contributed by atoms with van der Waals surface area (Å²) in [4.78, 5) is 14.4. The molecule has 7 heteroatoms. The molecule has 0 spiro atoms. The maximum absolute atomic E-state index is 12.7. The first-order chi connectivity index (χ1) is 11.7. The molecule has 0 N–H and O–H groups in total. The van der Waals surface area contributed by atoms with Gasteiger partial charge in [0.2, 0.25) is 15.9 Å². The minimum atomic E-state index is -3.77. The van der Waals surface area contributed by atoms with Gasteiger partial charge in [-0.1, -0.05) is 29.8 Å². The van der Waals surface area contributed by atoms with Gasteiger partial charge in [0.25, 0.3) is 0 Å². The number of amides is 1. The zero-order valence-electron chi connectivity index (χ0n) is 14.4. The molecule has 0 radical (unpaired) electrons. The summed E-state index contributed by atoms with van der Waals surface area (Å²) in [5.41, 5.74) is 0.736. The van der Waals surface area contributed by atoms with Gasteiger partial charge in [0, 0.05) is 23.8 Å². The van der Waals surface area contributed by atoms with Gasteiger partial charge in [-0.15, -0.1) is 0 Å². The zero-order valence-corrected chi connectivity index (χ0v) is 16.0. The minimum absolute atomic E-state index is 0.0958. The number of rotatable bonds is 6. The SMILES string of the molecule is CC(C)N(C(=O)CN(C)S(=O)(=O)c1ccc(Cl)cc1)c1ccccc1. The molecular weight excluding hydrogens is 360 g/mol. The standard InChI is InChI=1S/C18H21ClN2O3S/c1-14(2)21(16-7-5-4-6-8-16)18(22)13-20(3)25(23,24)17-11-9-15(19)10-12-17/h4-12,14H,13H2,1-3H3. The molecule has 0 saturated carbocycles. The highest BCUT2D eigenvalue weighted by Gasteiger charge is 2.27. The van der Waals surface area contributed by atoms with Crippen molar-refractivity contribution in [2.75, 3.05) is 18.5 Å². The van der Waals surface area contributed by atoms with Crippen molar-refractivity contribution >= 4 is 33.2 Å². The summed E-state index contributed by atoms with van der Waals surface area (Å²) in [7, 11) is -2.37. The number of hydrogen-bond donors (Lipinski definition) is 0. The van der Waals surface area contributed by atoms with Crippen LogP contribution in [0.4, 0.5) is 5.69 Å². The summed E-state index contributed by atoms with van der Waals surface area (Å²) in [6.07, 6.45) is 0. The van der Waals surface area contributed by atoms with E-state index in [4.69, 9.17) is 11.6 Å². The van der Waals surface area contributed by atoms with Gasteiger partial charge >= 0.3 is 0 Å². The Morgan fingerprint density at radius 1 is 1.04 bits per heavy atom. The Morgan fingerprint density at radius 3 is 2.12 bits per heavy atom. The lowest BCUT2D eigenvalue weighted by atomic mass is 10.2. The summed E-state index contributed by atoms with van der Waals surface area (Å²) < 4.78 is 26.3. The lowest BCUT2D eigenvalue weighted by molar-refractivity contribution is -0.119. The predicted octanol–water partition coefficient (Wildman–Crippen LogP) is 3.40. The van der Waals surface area contributed by atoms with E-state index in [2.05, 4.69) is 0 Å². The van der Waals surface area contributed by atoms with Gasteiger partial charge in [-0.05, 0) is 50.2 Å². The van der Waals surface area contributed by atoms with Crippen LogP contribution in [-0.2, 0) is 14.8 Å². The average molecular weight is 381 g/mol. The lowest BCUT2D eigenvalue weighted by Gasteiger charge is -2.28. The van der Waals surface area contributed by atoms with E-state index in [9.17, 15) is 13.2 Å². The summed E-state index contributed by atoms with van der Waals surface area (Å²) >= 11 is 5.80. The van der Waals surface area contributed by atoms with E-state index >= 15 is 0 Å². The number of carbonyl (C=O) groups is 1. The molecule has 0 atom stereocenters. The number of hydrogen-bond acceptors (Lipinski definition) is 3. The van der Waals surface area contributed by atoms with Crippen molar-refractivity contribution < 1.29 is 13.2 Å². The van der Waals surface area contributed by atoms with Gasteiger partial charge < -0.3 is 4.90 Å². The largest absolute Gasteiger partial charge is 0.309 e. The van der Waals surface area contributed by atoms with Crippen molar-refractivity contribution in [2.45, 2.75) is 24.8 Å². The van der Waals surface area contributed by atoms with Crippen LogP contribution in [0, 0.1) is 0 Å². The molecule has 2 rings (SSSR count). The molecule has 0 bridgehead atoms. The number of benzene rings is 2. The van der Waals surface area contributed by atoms with Gasteiger partial charge in [0.15, 0.2) is 0 Å². The van der Waals surface area contributed by atoms with Gasteiger partial charge in [0.1, 0.15) is 0 Å². The molecule has 0 heterocycles. The molecule has 2 aromatic carbocycles. The van der Waals surface area contributed by atoms with Crippen LogP contribution in [0.1, 0.15) is 13.8 Å². The quantitative estimate of drug-likeness (QED) is 0.771. The second-order valence-corrected chi connectivity index (χ2v) is 8.39. The van der Waals surface area contributed by atoms with E-state index in [1.807, 2.05) is 44.2 Å². The van der Waals surface area contributed by atoms with Crippen LogP contribution < -0.4 is 4.90 Å². The maximum atomic E-state index is 12.7. The number of nitrogens with zero attached hydrogens (tertiary/aromatic N) is 2. The topological polar surface area (TPSA) is 57.7 Å². The van der Waals surface area contributed by atoms with Crippen LogP contribution in [0.15, 0.2) is 59.5 Å². The Balaban J connectivity index is 2.21. The number of carbonyl (C=O) groups excluding carboxylic acids is 1. The molecule has 0 unspecified atom stereocenters. The lowest BCUT2D eigenvalue weighted by Crippen LogP contribution is -2.44. The van der Waals surface area contributed by atoms with Gasteiger partial charge in [-0.2, -0.15) is 4.31 Å². The molecule has 25 heavy (non-hydrogen) atoms. The van der Waals surface area contributed by atoms with E-state index < -0.39 is 10.0 Å². The number of sulfonamides is 1. The molecule has 0 aliphatic rings. The third-order valence-electron chi connectivity index (χ3n) is 3.70. The Hall–Kier alpha value is -1.89. The third-order valence-corrected chi connectivity index (χ3v) is 5.77. The first kappa shape index (κ1) is 19.4. The Morgan fingerprint density at radius 2 is 1.60 bits per heavy atom. The number of halogens is 1. The number of anilines is 1. The normalized spacial score (nSPS) is 11.8. The van der Waals surface area contributed by atoms with Crippen LogP contribution in [0.3, 0.4) is 0 Å². The average Bonchev–Trinajstić information content (AvgIpc) is 2.56. The van der Waals surface area contributed by atoms with Crippen LogP contribution in [0.5, 0.6) is 0 Å². The van der Waals surface area contributed by atoms with Gasteiger partial charge in [-0.25, -0.2) is 8.42 Å². The zero-order chi connectivity index (χ0) is 18.6. The molecule has 2 aromatic rings. The van der Waals surface area contributed by atoms with E-state index in [0.29, 0.717) is 5.02 Å². The third kappa shape index (κ3) is 4.60. The molecule has 0 saturated heterocycles. The molecule has 0 fully saturated rings. The molecule has 0 aliphatic carbocycles. The van der Waals surface area contributed by atoms with E-state index in [-0.39, 0.29) is 23.4 Å². The Kier molecular flexibility index (Phi) is 6.21. The van der Waals surface area contributed by atoms with Gasteiger partial charge in [-0.3, -0.25) is 4.79 Å². The van der Waals surface area contributed by atoms with Crippen molar-refractivity contribution in [3.8, 4) is 0 Å². The smallest absolute Gasteiger partial charge is 0.243 e. The van der Waals surface area contributed by atoms with Crippen LogP contribution in [-0.4, -0.2) is 38.3 Å². The molecule has 1 amide bonds. The highest BCUT2D eigenvalue weighted by molar-refractivity contribution is 7.89. The maximum Gasteiger partial charge on any atom is 0.243 e. The van der Waals surface area contributed by atoms with E-state index in [0.717, 1.165) is 9.99 Å². The summed E-state index contributed by atoms with van der Waals surface area (Å²) in [6.45, 7) is 3.52. The molecular formula is C18H21ClN2O3S. The van der Waals surface area contributed by atoms with E-state index in [1.165, 1.54) is 31.3 Å². The monoisotopic (exact) mass is 380 g/mol. The molecule has 0 aromatic heterocycles. The van der Waals surface area contributed by atoms with Crippen molar-refractivity contribution in [3.05, 3.63) is 59.6 Å². The van der Waals surface area contributed by atoms with Crippen LogP contribution >= 0.6 is 11.6 Å². The first-order valence-corrected chi connectivity index (χ1v) is 9.64. The summed E-state index contributed by atoms with van der Waals surface area (Å²) in [5.74, 6) is -0.291. The molecule has 0 aliphatic heterocycles. The molecule has 134 valence electrons. The minimum Gasteiger partial charge on any atom is -0.309 e. The summed E-state index contributed by atoms with van der Waals surface area (Å²) in [5, 5.41) is 0.452. The van der Waals surface area contributed by atoms with E-state index in [1.54, 1.807) is 4.90 Å². The second kappa shape index (κ2) is 7.99. The first-order valence-electron chi connectivity index (χ1n) is 7.82. The fraction of sp³-hybridized carbons (Fsp3) is 0.278. The highest BCUT2D eigenvalue weighted by atomic mass is 35.5. The fourth-order valence-electron chi connectivity index (χ4n) is 2.46. The Bertz CT molecular complexity index is 821. The van der Waals surface area contributed by atoms with Crippen molar-refractivity contribution in [3.63, 3.8) is 0 Å². The number of para-hydroxylation sites is 1. The number of likely N-dealkylation sites (N-methyl/N-ethyl adjacent to an activating group) is 1. The molecule has 5 nitrogen and oxygen atoms in total. The van der Waals surface area contributed by atoms with Crippen molar-refractivity contribution in [2.24, 2.45) is 0 Å². The predicted molar refractivity (Wildman–Crippen MR) is 100 cm³/mol. The van der Waals surface area contributed by atoms with Crippen LogP contribution in [0.2, 0.25) is 5.02 Å². The van der Waals surface area contributed by atoms with Crippen molar-refractivity contribution in [1.29, 1.82) is 0 Å². The Labute approximate surface area is 153 Å². The van der Waals surface area contributed by atoms with Crippen LogP contribution in [0.25, 0.3) is 0 Å². The second-order valence-electron chi connectivity index (χ2n) is 5.91. The van der Waals surface area contributed by atoms with Gasteiger partial charge in [0.05, 0.1) is 11.4 Å². The highest BCUT2D eigenvalue weighted by Crippen LogP contribution is 2.20. The fourth-order valence-corrected chi connectivity index (χ4v) is 3.70.